The minimum atomic E-state index is -0.358. The average Bonchev–Trinajstić information content (AvgIpc) is 2.98. The topological polar surface area (TPSA) is 62.3 Å². The van der Waals surface area contributed by atoms with Crippen LogP contribution >= 0.6 is 0 Å². The zero-order chi connectivity index (χ0) is 17.1. The van der Waals surface area contributed by atoms with E-state index in [1.54, 1.807) is 11.1 Å². The van der Waals surface area contributed by atoms with Crippen LogP contribution in [0, 0.1) is 12.8 Å². The maximum Gasteiger partial charge on any atom is 0.230 e. The molecule has 2 heterocycles. The Balaban J connectivity index is 1.75. The first kappa shape index (κ1) is 16.2. The first-order chi connectivity index (χ1) is 11.6. The van der Waals surface area contributed by atoms with Crippen molar-refractivity contribution in [3.63, 3.8) is 0 Å². The molecular weight excluding hydrogens is 302 g/mol. The second-order valence-corrected chi connectivity index (χ2v) is 6.05. The van der Waals surface area contributed by atoms with E-state index >= 15 is 0 Å². The molecule has 1 aliphatic heterocycles. The number of hydrogen-bond donors (Lipinski definition) is 1. The van der Waals surface area contributed by atoms with E-state index in [0.29, 0.717) is 12.4 Å². The smallest absolute Gasteiger partial charge is 0.230 e. The number of amides is 2. The Morgan fingerprint density at radius 1 is 1.29 bits per heavy atom. The molecule has 1 fully saturated rings. The van der Waals surface area contributed by atoms with Crippen molar-refractivity contribution in [1.82, 2.24) is 4.98 Å². The molecule has 5 heteroatoms. The monoisotopic (exact) mass is 323 g/mol. The third-order valence-electron chi connectivity index (χ3n) is 4.41. The zero-order valence-electron chi connectivity index (χ0n) is 14.0. The Kier molecular flexibility index (Phi) is 4.60. The molecule has 2 aromatic rings. The van der Waals surface area contributed by atoms with Crippen LogP contribution in [0.5, 0.6) is 0 Å². The van der Waals surface area contributed by atoms with E-state index in [9.17, 15) is 9.59 Å². The Labute approximate surface area is 141 Å². The van der Waals surface area contributed by atoms with Gasteiger partial charge in [-0.2, -0.15) is 0 Å². The molecule has 1 N–H and O–H groups in total. The summed E-state index contributed by atoms with van der Waals surface area (Å²) in [6.45, 7) is 4.37. The van der Waals surface area contributed by atoms with E-state index in [2.05, 4.69) is 17.2 Å². The summed E-state index contributed by atoms with van der Waals surface area (Å²) < 4.78 is 0. The largest absolute Gasteiger partial charge is 0.311 e. The van der Waals surface area contributed by atoms with Crippen LogP contribution in [0.3, 0.4) is 0 Å². The summed E-state index contributed by atoms with van der Waals surface area (Å²) in [7, 11) is 0. The molecule has 1 atom stereocenters. The Morgan fingerprint density at radius 2 is 2.08 bits per heavy atom. The fraction of sp³-hybridized carbons (Fsp3) is 0.316. The minimum Gasteiger partial charge on any atom is -0.311 e. The van der Waals surface area contributed by atoms with Crippen molar-refractivity contribution < 1.29 is 9.59 Å². The predicted molar refractivity (Wildman–Crippen MR) is 93.9 cm³/mol. The van der Waals surface area contributed by atoms with Crippen molar-refractivity contribution >= 4 is 23.3 Å². The molecule has 3 rings (SSSR count). The second-order valence-electron chi connectivity index (χ2n) is 6.05. The number of para-hydroxylation sites is 1. The Bertz CT molecular complexity index is 773. The molecule has 0 radical (unpaired) electrons. The average molecular weight is 323 g/mol. The Hall–Kier alpha value is -2.69. The molecule has 0 bridgehead atoms. The van der Waals surface area contributed by atoms with Crippen LogP contribution in [0.2, 0.25) is 0 Å². The van der Waals surface area contributed by atoms with Crippen LogP contribution in [-0.2, 0) is 16.0 Å². The van der Waals surface area contributed by atoms with Gasteiger partial charge in [-0.25, -0.2) is 4.98 Å². The number of benzene rings is 1. The maximum absolute atomic E-state index is 12.5. The van der Waals surface area contributed by atoms with Crippen LogP contribution in [0.4, 0.5) is 11.5 Å². The highest BCUT2D eigenvalue weighted by atomic mass is 16.2. The van der Waals surface area contributed by atoms with Gasteiger partial charge in [-0.1, -0.05) is 31.2 Å². The fourth-order valence-corrected chi connectivity index (χ4v) is 3.02. The van der Waals surface area contributed by atoms with Crippen LogP contribution in [0.1, 0.15) is 24.5 Å². The van der Waals surface area contributed by atoms with Crippen molar-refractivity contribution in [2.45, 2.75) is 26.7 Å². The lowest BCUT2D eigenvalue weighted by atomic mass is 10.1. The highest BCUT2D eigenvalue weighted by Crippen LogP contribution is 2.29. The van der Waals surface area contributed by atoms with Gasteiger partial charge in [0.2, 0.25) is 11.8 Å². The summed E-state index contributed by atoms with van der Waals surface area (Å²) in [6.07, 6.45) is 2.73. The lowest BCUT2D eigenvalue weighted by Crippen LogP contribution is -2.29. The number of anilines is 2. The standard InChI is InChI=1S/C19H21N3O2/c1-3-14-8-4-5-9-16(14)22-12-15(11-17(22)23)19(24)21-18-13(2)7-6-10-20-18/h4-10,15H,3,11-12H2,1-2H3,(H,20,21,24). The van der Waals surface area contributed by atoms with Crippen LogP contribution in [0.15, 0.2) is 42.6 Å². The quantitative estimate of drug-likeness (QED) is 0.941. The molecule has 0 aliphatic carbocycles. The molecule has 5 nitrogen and oxygen atoms in total. The molecule has 24 heavy (non-hydrogen) atoms. The summed E-state index contributed by atoms with van der Waals surface area (Å²) in [5.41, 5.74) is 2.94. The van der Waals surface area contributed by atoms with E-state index in [4.69, 9.17) is 0 Å². The molecule has 1 saturated heterocycles. The van der Waals surface area contributed by atoms with Crippen molar-refractivity contribution in [2.24, 2.45) is 5.92 Å². The van der Waals surface area contributed by atoms with Gasteiger partial charge in [0.25, 0.3) is 0 Å². The molecule has 2 amide bonds. The minimum absolute atomic E-state index is 0.00575. The first-order valence-electron chi connectivity index (χ1n) is 8.21. The van der Waals surface area contributed by atoms with Crippen LogP contribution < -0.4 is 10.2 Å². The van der Waals surface area contributed by atoms with Gasteiger partial charge in [0, 0.05) is 24.8 Å². The normalized spacial score (nSPS) is 17.2. The van der Waals surface area contributed by atoms with Gasteiger partial charge in [-0.05, 0) is 36.6 Å². The zero-order valence-corrected chi connectivity index (χ0v) is 14.0. The van der Waals surface area contributed by atoms with Gasteiger partial charge in [-0.3, -0.25) is 9.59 Å². The lowest BCUT2D eigenvalue weighted by Gasteiger charge is -2.20. The van der Waals surface area contributed by atoms with Crippen LogP contribution in [-0.4, -0.2) is 23.3 Å². The maximum atomic E-state index is 12.5. The van der Waals surface area contributed by atoms with Gasteiger partial charge in [0.15, 0.2) is 0 Å². The van der Waals surface area contributed by atoms with Crippen molar-refractivity contribution in [1.29, 1.82) is 0 Å². The van der Waals surface area contributed by atoms with Crippen molar-refractivity contribution in [2.75, 3.05) is 16.8 Å². The van der Waals surface area contributed by atoms with E-state index in [0.717, 1.165) is 23.2 Å². The summed E-state index contributed by atoms with van der Waals surface area (Å²) in [6, 6.07) is 11.6. The number of nitrogens with zero attached hydrogens (tertiary/aromatic N) is 2. The van der Waals surface area contributed by atoms with E-state index in [-0.39, 0.29) is 24.2 Å². The number of aromatic nitrogens is 1. The molecule has 0 saturated carbocycles. The molecule has 124 valence electrons. The summed E-state index contributed by atoms with van der Waals surface area (Å²) >= 11 is 0. The molecule has 1 aromatic carbocycles. The fourth-order valence-electron chi connectivity index (χ4n) is 3.02. The Morgan fingerprint density at radius 3 is 2.83 bits per heavy atom. The summed E-state index contributed by atoms with van der Waals surface area (Å²) in [5, 5.41) is 2.84. The number of carbonyl (C=O) groups excluding carboxylic acids is 2. The van der Waals surface area contributed by atoms with E-state index in [1.165, 1.54) is 0 Å². The van der Waals surface area contributed by atoms with E-state index < -0.39 is 0 Å². The highest BCUT2D eigenvalue weighted by Gasteiger charge is 2.36. The molecule has 1 aliphatic rings. The molecule has 0 spiro atoms. The number of carbonyl (C=O) groups is 2. The second kappa shape index (κ2) is 6.83. The third kappa shape index (κ3) is 3.15. The number of aryl methyl sites for hydroxylation is 2. The van der Waals surface area contributed by atoms with Crippen molar-refractivity contribution in [3.8, 4) is 0 Å². The van der Waals surface area contributed by atoms with E-state index in [1.807, 2.05) is 43.3 Å². The first-order valence-corrected chi connectivity index (χ1v) is 8.21. The van der Waals surface area contributed by atoms with Crippen LogP contribution in [0.25, 0.3) is 0 Å². The number of nitrogens with one attached hydrogen (secondary N) is 1. The SMILES string of the molecule is CCc1ccccc1N1CC(C(=O)Nc2ncccc2C)CC1=O. The highest BCUT2D eigenvalue weighted by molar-refractivity contribution is 6.03. The van der Waals surface area contributed by atoms with Gasteiger partial charge < -0.3 is 10.2 Å². The molecule has 1 unspecified atom stereocenters. The number of rotatable bonds is 4. The lowest BCUT2D eigenvalue weighted by molar-refractivity contribution is -0.122. The van der Waals surface area contributed by atoms with Gasteiger partial charge >= 0.3 is 0 Å². The summed E-state index contributed by atoms with van der Waals surface area (Å²) in [5.74, 6) is 0.0431. The van der Waals surface area contributed by atoms with Crippen molar-refractivity contribution in [3.05, 3.63) is 53.7 Å². The number of pyridine rings is 1. The number of hydrogen-bond acceptors (Lipinski definition) is 3. The van der Waals surface area contributed by atoms with Gasteiger partial charge in [0.05, 0.1) is 5.92 Å². The van der Waals surface area contributed by atoms with Gasteiger partial charge in [0.1, 0.15) is 5.82 Å². The summed E-state index contributed by atoms with van der Waals surface area (Å²) in [4.78, 5) is 30.8. The third-order valence-corrected chi connectivity index (χ3v) is 4.41. The van der Waals surface area contributed by atoms with Gasteiger partial charge in [-0.15, -0.1) is 0 Å². The molecular formula is C19H21N3O2. The molecule has 1 aromatic heterocycles. The predicted octanol–water partition coefficient (Wildman–Crippen LogP) is 2.94.